The van der Waals surface area contributed by atoms with E-state index in [1.165, 1.54) is 5.56 Å². The zero-order valence-corrected chi connectivity index (χ0v) is 14.9. The average Bonchev–Trinajstić information content (AvgIpc) is 2.90. The van der Waals surface area contributed by atoms with E-state index in [2.05, 4.69) is 52.7 Å². The lowest BCUT2D eigenvalue weighted by molar-refractivity contribution is 0.0493. The molecule has 0 saturated carbocycles. The molecule has 4 heteroatoms. The summed E-state index contributed by atoms with van der Waals surface area (Å²) >= 11 is 0. The van der Waals surface area contributed by atoms with Gasteiger partial charge < -0.3 is 10.1 Å². The predicted molar refractivity (Wildman–Crippen MR) is 95.6 cm³/mol. The predicted octanol–water partition coefficient (Wildman–Crippen LogP) is 3.59. The molecule has 24 heavy (non-hydrogen) atoms. The number of fused-ring (bicyclic) bond motifs is 1. The maximum atomic E-state index is 12.1. The van der Waals surface area contributed by atoms with E-state index in [1.807, 2.05) is 20.8 Å². The lowest BCUT2D eigenvalue weighted by Crippen LogP contribution is -2.45. The van der Waals surface area contributed by atoms with Crippen molar-refractivity contribution in [2.75, 3.05) is 13.1 Å². The summed E-state index contributed by atoms with van der Waals surface area (Å²) in [5, 5.41) is 3.06. The van der Waals surface area contributed by atoms with Gasteiger partial charge in [-0.3, -0.25) is 4.90 Å². The van der Waals surface area contributed by atoms with Crippen LogP contribution < -0.4 is 5.32 Å². The number of nitrogens with one attached hydrogen (secondary N) is 1. The molecule has 1 aromatic carbocycles. The van der Waals surface area contributed by atoms with Crippen molar-refractivity contribution in [1.29, 1.82) is 0 Å². The third-order valence-electron chi connectivity index (χ3n) is 4.74. The Morgan fingerprint density at radius 1 is 1.25 bits per heavy atom. The first-order valence-electron chi connectivity index (χ1n) is 8.83. The second kappa shape index (κ2) is 6.98. The van der Waals surface area contributed by atoms with E-state index in [9.17, 15) is 4.79 Å². The second-order valence-electron chi connectivity index (χ2n) is 7.94. The summed E-state index contributed by atoms with van der Waals surface area (Å²) in [5.41, 5.74) is 0.887. The van der Waals surface area contributed by atoms with Crippen LogP contribution >= 0.6 is 0 Å². The van der Waals surface area contributed by atoms with E-state index in [0.717, 1.165) is 26.1 Å². The van der Waals surface area contributed by atoms with E-state index < -0.39 is 5.60 Å². The number of carbonyl (C=O) groups excluding carboxylic acids is 1. The molecule has 0 spiro atoms. The Hall–Kier alpha value is -1.81. The molecule has 4 nitrogen and oxygen atoms in total. The van der Waals surface area contributed by atoms with Gasteiger partial charge in [0.25, 0.3) is 0 Å². The van der Waals surface area contributed by atoms with Gasteiger partial charge in [0, 0.05) is 19.6 Å². The lowest BCUT2D eigenvalue weighted by Gasteiger charge is -2.30. The summed E-state index contributed by atoms with van der Waals surface area (Å²) in [6.45, 7) is 8.77. The van der Waals surface area contributed by atoms with Gasteiger partial charge in [0.2, 0.25) is 0 Å². The van der Waals surface area contributed by atoms with Gasteiger partial charge in [-0.25, -0.2) is 4.79 Å². The third kappa shape index (κ3) is 4.38. The number of alkyl carbamates (subject to hydrolysis) is 1. The van der Waals surface area contributed by atoms with Crippen LogP contribution in [0.4, 0.5) is 4.79 Å². The Labute approximate surface area is 144 Å². The molecular formula is C20H28N2O2. The Bertz CT molecular complexity index is 591. The van der Waals surface area contributed by atoms with Crippen LogP contribution in [0.3, 0.4) is 0 Å². The number of hydrogen-bond donors (Lipinski definition) is 1. The normalized spacial score (nSPS) is 26.9. The molecule has 1 saturated heterocycles. The number of rotatable bonds is 3. The molecule has 3 rings (SSSR count). The summed E-state index contributed by atoms with van der Waals surface area (Å²) in [7, 11) is 0. The molecule has 1 fully saturated rings. The number of nitrogens with zero attached hydrogens (tertiary/aromatic N) is 1. The number of likely N-dealkylation sites (tertiary alicyclic amines) is 1. The maximum Gasteiger partial charge on any atom is 0.408 e. The van der Waals surface area contributed by atoms with Crippen molar-refractivity contribution in [3.05, 3.63) is 48.0 Å². The Balaban J connectivity index is 1.59. The molecule has 1 aromatic rings. The van der Waals surface area contributed by atoms with Gasteiger partial charge in [-0.15, -0.1) is 0 Å². The Morgan fingerprint density at radius 2 is 2.00 bits per heavy atom. The highest BCUT2D eigenvalue weighted by molar-refractivity contribution is 5.68. The van der Waals surface area contributed by atoms with E-state index in [0.29, 0.717) is 11.8 Å². The monoisotopic (exact) mass is 328 g/mol. The molecule has 3 atom stereocenters. The number of amides is 1. The van der Waals surface area contributed by atoms with Gasteiger partial charge >= 0.3 is 6.09 Å². The highest BCUT2D eigenvalue weighted by Gasteiger charge is 2.39. The minimum Gasteiger partial charge on any atom is -0.444 e. The summed E-state index contributed by atoms with van der Waals surface area (Å²) in [4.78, 5) is 14.6. The van der Waals surface area contributed by atoms with Crippen LogP contribution in [0.1, 0.15) is 32.8 Å². The van der Waals surface area contributed by atoms with Crippen LogP contribution in [-0.2, 0) is 11.3 Å². The van der Waals surface area contributed by atoms with Crippen LogP contribution in [0.25, 0.3) is 0 Å². The molecular weight excluding hydrogens is 300 g/mol. The van der Waals surface area contributed by atoms with E-state index in [-0.39, 0.29) is 12.1 Å². The number of carbonyl (C=O) groups is 1. The van der Waals surface area contributed by atoms with Crippen molar-refractivity contribution >= 4 is 6.09 Å². The number of allylic oxidation sites excluding steroid dienone is 1. The molecule has 1 aliphatic heterocycles. The molecule has 0 aromatic heterocycles. The molecule has 0 unspecified atom stereocenters. The van der Waals surface area contributed by atoms with Crippen LogP contribution in [-0.4, -0.2) is 35.7 Å². The van der Waals surface area contributed by atoms with Crippen LogP contribution in [0.5, 0.6) is 0 Å². The average molecular weight is 328 g/mol. The molecule has 130 valence electrons. The fourth-order valence-corrected chi connectivity index (χ4v) is 3.76. The zero-order valence-electron chi connectivity index (χ0n) is 14.9. The van der Waals surface area contributed by atoms with E-state index in [1.54, 1.807) is 0 Å². The standard InChI is InChI=1S/C20H28N2O2/c1-20(2,3)24-19(23)21-18-11-7-10-16-13-22(14-17(16)18)12-15-8-5-4-6-9-15/h4-9,11,16-18H,10,12-14H2,1-3H3,(H,21,23)/t16-,17+,18-/m1/s1. The highest BCUT2D eigenvalue weighted by atomic mass is 16.6. The van der Waals surface area contributed by atoms with Gasteiger partial charge in [0.1, 0.15) is 5.60 Å². The van der Waals surface area contributed by atoms with Crippen molar-refractivity contribution in [3.63, 3.8) is 0 Å². The topological polar surface area (TPSA) is 41.6 Å². The summed E-state index contributed by atoms with van der Waals surface area (Å²) in [5.74, 6) is 1.07. The fourth-order valence-electron chi connectivity index (χ4n) is 3.76. The first kappa shape index (κ1) is 17.0. The molecule has 1 heterocycles. The Kier molecular flexibility index (Phi) is 4.95. The first-order chi connectivity index (χ1) is 11.4. The highest BCUT2D eigenvalue weighted by Crippen LogP contribution is 2.34. The van der Waals surface area contributed by atoms with Crippen LogP contribution in [0.15, 0.2) is 42.5 Å². The smallest absolute Gasteiger partial charge is 0.408 e. The molecule has 0 radical (unpaired) electrons. The molecule has 0 bridgehead atoms. The zero-order chi connectivity index (χ0) is 17.2. The molecule has 2 aliphatic rings. The van der Waals surface area contributed by atoms with Gasteiger partial charge in [0.15, 0.2) is 0 Å². The molecule has 1 N–H and O–H groups in total. The maximum absolute atomic E-state index is 12.1. The Morgan fingerprint density at radius 3 is 2.71 bits per heavy atom. The van der Waals surface area contributed by atoms with Crippen molar-refractivity contribution in [2.24, 2.45) is 11.8 Å². The number of benzene rings is 1. The molecule has 1 amide bonds. The van der Waals surface area contributed by atoms with Crippen LogP contribution in [0.2, 0.25) is 0 Å². The van der Waals surface area contributed by atoms with E-state index >= 15 is 0 Å². The van der Waals surface area contributed by atoms with E-state index in [4.69, 9.17) is 4.74 Å². The van der Waals surface area contributed by atoms with Crippen molar-refractivity contribution < 1.29 is 9.53 Å². The van der Waals surface area contributed by atoms with Crippen molar-refractivity contribution in [3.8, 4) is 0 Å². The minimum atomic E-state index is -0.461. The van der Waals surface area contributed by atoms with Gasteiger partial charge in [-0.05, 0) is 44.6 Å². The quantitative estimate of drug-likeness (QED) is 0.862. The molecule has 1 aliphatic carbocycles. The van der Waals surface area contributed by atoms with Gasteiger partial charge in [-0.1, -0.05) is 42.5 Å². The lowest BCUT2D eigenvalue weighted by atomic mass is 9.82. The van der Waals surface area contributed by atoms with Crippen molar-refractivity contribution in [1.82, 2.24) is 10.2 Å². The SMILES string of the molecule is CC(C)(C)OC(=O)N[C@@H]1C=CC[C@@H]2CN(Cc3ccccc3)C[C@@H]21. The van der Waals surface area contributed by atoms with Crippen LogP contribution in [0, 0.1) is 11.8 Å². The number of hydrogen-bond acceptors (Lipinski definition) is 3. The summed E-state index contributed by atoms with van der Waals surface area (Å²) in [6, 6.07) is 10.7. The minimum absolute atomic E-state index is 0.0689. The largest absolute Gasteiger partial charge is 0.444 e. The number of ether oxygens (including phenoxy) is 1. The summed E-state index contributed by atoms with van der Waals surface area (Å²) < 4.78 is 5.41. The third-order valence-corrected chi connectivity index (χ3v) is 4.74. The fraction of sp³-hybridized carbons (Fsp3) is 0.550. The first-order valence-corrected chi connectivity index (χ1v) is 8.83. The summed E-state index contributed by atoms with van der Waals surface area (Å²) in [6.07, 6.45) is 5.12. The van der Waals surface area contributed by atoms with Gasteiger partial charge in [-0.2, -0.15) is 0 Å². The van der Waals surface area contributed by atoms with Crippen molar-refractivity contribution in [2.45, 2.75) is 45.4 Å². The van der Waals surface area contributed by atoms with Gasteiger partial charge in [0.05, 0.1) is 6.04 Å². The second-order valence-corrected chi connectivity index (χ2v) is 7.94.